The Labute approximate surface area is 156 Å². The molecule has 3 nitrogen and oxygen atoms in total. The number of thiocarbonyl (C=S) groups is 1. The van der Waals surface area contributed by atoms with E-state index in [0.717, 1.165) is 11.4 Å². The third-order valence-corrected chi connectivity index (χ3v) is 4.25. The molecule has 0 fully saturated rings. The molecule has 1 atom stereocenters. The second kappa shape index (κ2) is 8.34. The summed E-state index contributed by atoms with van der Waals surface area (Å²) in [7, 11) is 0. The van der Waals surface area contributed by atoms with Crippen molar-refractivity contribution < 1.29 is 4.74 Å². The molecule has 2 aromatic rings. The van der Waals surface area contributed by atoms with Crippen molar-refractivity contribution in [3.05, 3.63) is 59.7 Å². The van der Waals surface area contributed by atoms with Crippen molar-refractivity contribution in [1.29, 1.82) is 0 Å². The first kappa shape index (κ1) is 19.3. The molecule has 0 radical (unpaired) electrons. The number of anilines is 1. The summed E-state index contributed by atoms with van der Waals surface area (Å²) in [5.41, 5.74) is 3.62. The lowest BCUT2D eigenvalue weighted by atomic mass is 9.86. The SMILES string of the molecule is CCOc1cccc(NC(=S)N[C@H](C)c2ccc(C(C)(C)C)cc2)c1. The number of benzene rings is 2. The number of hydrogen-bond acceptors (Lipinski definition) is 2. The van der Waals surface area contributed by atoms with E-state index in [1.165, 1.54) is 11.1 Å². The van der Waals surface area contributed by atoms with E-state index in [1.54, 1.807) is 0 Å². The van der Waals surface area contributed by atoms with Crippen molar-refractivity contribution in [3.8, 4) is 5.75 Å². The van der Waals surface area contributed by atoms with Crippen LogP contribution in [0.3, 0.4) is 0 Å². The number of ether oxygens (including phenoxy) is 1. The minimum Gasteiger partial charge on any atom is -0.494 e. The van der Waals surface area contributed by atoms with E-state index in [2.05, 4.69) is 62.6 Å². The minimum absolute atomic E-state index is 0.129. The zero-order valence-electron chi connectivity index (χ0n) is 15.7. The summed E-state index contributed by atoms with van der Waals surface area (Å²) in [6, 6.07) is 16.6. The molecule has 0 amide bonds. The highest BCUT2D eigenvalue weighted by atomic mass is 32.1. The lowest BCUT2D eigenvalue weighted by Crippen LogP contribution is -2.30. The van der Waals surface area contributed by atoms with Gasteiger partial charge in [0.05, 0.1) is 12.6 Å². The molecule has 0 aromatic heterocycles. The lowest BCUT2D eigenvalue weighted by Gasteiger charge is -2.21. The Morgan fingerprint density at radius 1 is 1.12 bits per heavy atom. The summed E-state index contributed by atoms with van der Waals surface area (Å²) in [6.45, 7) is 11.4. The number of nitrogens with one attached hydrogen (secondary N) is 2. The fourth-order valence-corrected chi connectivity index (χ4v) is 2.84. The second-order valence-corrected chi connectivity index (χ2v) is 7.56. The van der Waals surface area contributed by atoms with Gasteiger partial charge in [0.25, 0.3) is 0 Å². The first-order chi connectivity index (χ1) is 11.8. The summed E-state index contributed by atoms with van der Waals surface area (Å²) in [4.78, 5) is 0. The van der Waals surface area contributed by atoms with Gasteiger partial charge in [-0.15, -0.1) is 0 Å². The normalized spacial score (nSPS) is 12.4. The zero-order chi connectivity index (χ0) is 18.4. The maximum Gasteiger partial charge on any atom is 0.171 e. The molecule has 0 saturated carbocycles. The minimum atomic E-state index is 0.129. The maximum atomic E-state index is 5.51. The largest absolute Gasteiger partial charge is 0.494 e. The molecule has 25 heavy (non-hydrogen) atoms. The molecule has 2 N–H and O–H groups in total. The fraction of sp³-hybridized carbons (Fsp3) is 0.381. The number of hydrogen-bond donors (Lipinski definition) is 2. The van der Waals surface area contributed by atoms with Gasteiger partial charge >= 0.3 is 0 Å². The zero-order valence-corrected chi connectivity index (χ0v) is 16.5. The Kier molecular flexibility index (Phi) is 6.43. The quantitative estimate of drug-likeness (QED) is 0.700. The van der Waals surface area contributed by atoms with E-state index in [0.29, 0.717) is 11.7 Å². The van der Waals surface area contributed by atoms with Crippen molar-refractivity contribution in [2.75, 3.05) is 11.9 Å². The Bertz CT molecular complexity index is 705. The smallest absolute Gasteiger partial charge is 0.171 e. The molecule has 0 heterocycles. The molecular formula is C21H28N2OS. The molecular weight excluding hydrogens is 328 g/mol. The van der Waals surface area contributed by atoms with E-state index in [9.17, 15) is 0 Å². The van der Waals surface area contributed by atoms with Crippen LogP contribution in [0.15, 0.2) is 48.5 Å². The van der Waals surface area contributed by atoms with Gasteiger partial charge in [0.15, 0.2) is 5.11 Å². The predicted octanol–water partition coefficient (Wildman–Crippen LogP) is 5.43. The summed E-state index contributed by atoms with van der Waals surface area (Å²) in [5.74, 6) is 0.834. The highest BCUT2D eigenvalue weighted by molar-refractivity contribution is 7.80. The highest BCUT2D eigenvalue weighted by Gasteiger charge is 2.14. The highest BCUT2D eigenvalue weighted by Crippen LogP contribution is 2.24. The van der Waals surface area contributed by atoms with E-state index in [1.807, 2.05) is 31.2 Å². The molecule has 134 valence electrons. The van der Waals surface area contributed by atoms with Crippen molar-refractivity contribution >= 4 is 23.0 Å². The maximum absolute atomic E-state index is 5.51. The topological polar surface area (TPSA) is 33.3 Å². The van der Waals surface area contributed by atoms with Gasteiger partial charge in [0.1, 0.15) is 5.75 Å². The molecule has 0 aliphatic rings. The molecule has 2 rings (SSSR count). The predicted molar refractivity (Wildman–Crippen MR) is 111 cm³/mol. The van der Waals surface area contributed by atoms with Crippen LogP contribution in [0, 0.1) is 0 Å². The van der Waals surface area contributed by atoms with Crippen LogP contribution in [0.2, 0.25) is 0 Å². The van der Waals surface area contributed by atoms with Crippen LogP contribution in [0.1, 0.15) is 51.8 Å². The molecule has 0 saturated heterocycles. The molecule has 0 unspecified atom stereocenters. The van der Waals surface area contributed by atoms with Gasteiger partial charge in [0.2, 0.25) is 0 Å². The monoisotopic (exact) mass is 356 g/mol. The average Bonchev–Trinajstić information content (AvgIpc) is 2.54. The molecule has 0 aliphatic carbocycles. The van der Waals surface area contributed by atoms with Crippen molar-refractivity contribution in [3.63, 3.8) is 0 Å². The van der Waals surface area contributed by atoms with Gasteiger partial charge in [0, 0.05) is 11.8 Å². The molecule has 0 aliphatic heterocycles. The molecule has 2 aromatic carbocycles. The van der Waals surface area contributed by atoms with E-state index < -0.39 is 0 Å². The number of rotatable bonds is 5. The van der Waals surface area contributed by atoms with Gasteiger partial charge in [-0.3, -0.25) is 0 Å². The van der Waals surface area contributed by atoms with Crippen molar-refractivity contribution in [2.24, 2.45) is 0 Å². The Morgan fingerprint density at radius 3 is 2.40 bits per heavy atom. The summed E-state index contributed by atoms with van der Waals surface area (Å²) in [5, 5.41) is 7.15. The van der Waals surface area contributed by atoms with Crippen LogP contribution >= 0.6 is 12.2 Å². The van der Waals surface area contributed by atoms with Crippen LogP contribution in [0.4, 0.5) is 5.69 Å². The molecule has 0 bridgehead atoms. The van der Waals surface area contributed by atoms with Crippen LogP contribution in [0.25, 0.3) is 0 Å². The van der Waals surface area contributed by atoms with Gasteiger partial charge < -0.3 is 15.4 Å². The second-order valence-electron chi connectivity index (χ2n) is 7.15. The third kappa shape index (κ3) is 5.75. The van der Waals surface area contributed by atoms with Gasteiger partial charge in [-0.25, -0.2) is 0 Å². The van der Waals surface area contributed by atoms with Crippen LogP contribution in [-0.4, -0.2) is 11.7 Å². The van der Waals surface area contributed by atoms with E-state index in [4.69, 9.17) is 17.0 Å². The molecule has 4 heteroatoms. The van der Waals surface area contributed by atoms with Crippen LogP contribution in [-0.2, 0) is 5.41 Å². The third-order valence-electron chi connectivity index (χ3n) is 4.03. The Hall–Kier alpha value is -2.07. The summed E-state index contributed by atoms with van der Waals surface area (Å²) >= 11 is 5.44. The lowest BCUT2D eigenvalue weighted by molar-refractivity contribution is 0.340. The van der Waals surface area contributed by atoms with E-state index in [-0.39, 0.29) is 11.5 Å². The Balaban J connectivity index is 1.97. The first-order valence-corrected chi connectivity index (χ1v) is 9.11. The Morgan fingerprint density at radius 2 is 1.80 bits per heavy atom. The van der Waals surface area contributed by atoms with Crippen molar-refractivity contribution in [1.82, 2.24) is 5.32 Å². The first-order valence-electron chi connectivity index (χ1n) is 8.70. The van der Waals surface area contributed by atoms with Crippen LogP contribution < -0.4 is 15.4 Å². The van der Waals surface area contributed by atoms with E-state index >= 15 is 0 Å². The standard InChI is InChI=1S/C21H28N2OS/c1-6-24-19-9-7-8-18(14-19)23-20(25)22-15(2)16-10-12-17(13-11-16)21(3,4)5/h7-15H,6H2,1-5H3,(H2,22,23,25)/t15-/m1/s1. The molecule has 0 spiro atoms. The van der Waals surface area contributed by atoms with Crippen LogP contribution in [0.5, 0.6) is 5.75 Å². The van der Waals surface area contributed by atoms with Crippen molar-refractivity contribution in [2.45, 2.75) is 46.1 Å². The summed E-state index contributed by atoms with van der Waals surface area (Å²) < 4.78 is 5.51. The summed E-state index contributed by atoms with van der Waals surface area (Å²) in [6.07, 6.45) is 0. The van der Waals surface area contributed by atoms with Gasteiger partial charge in [-0.05, 0) is 54.7 Å². The average molecular weight is 357 g/mol. The fourth-order valence-electron chi connectivity index (χ4n) is 2.55. The van der Waals surface area contributed by atoms with Gasteiger partial charge in [-0.1, -0.05) is 51.1 Å². The van der Waals surface area contributed by atoms with Gasteiger partial charge in [-0.2, -0.15) is 0 Å².